The summed E-state index contributed by atoms with van der Waals surface area (Å²) in [7, 11) is 1.58. The summed E-state index contributed by atoms with van der Waals surface area (Å²) in [5.74, 6) is 0.462. The second-order valence-electron chi connectivity index (χ2n) is 3.76. The fourth-order valence-corrected chi connectivity index (χ4v) is 1.28. The van der Waals surface area contributed by atoms with Crippen LogP contribution in [0, 0.1) is 11.3 Å². The van der Waals surface area contributed by atoms with Crippen molar-refractivity contribution < 1.29 is 19.4 Å². The molecule has 0 amide bonds. The highest BCUT2D eigenvalue weighted by Crippen LogP contribution is 2.16. The molecule has 0 spiro atoms. The number of nitrogens with zero attached hydrogens (tertiary/aromatic N) is 1. The van der Waals surface area contributed by atoms with E-state index in [1.165, 1.54) is 0 Å². The number of aliphatic hydroxyl groups is 1. The first-order valence-electron chi connectivity index (χ1n) is 5.91. The molecule has 0 aliphatic heterocycles. The molecule has 1 atom stereocenters. The lowest BCUT2D eigenvalue weighted by Crippen LogP contribution is -2.32. The Balaban J connectivity index is 2.23. The molecule has 104 valence electrons. The van der Waals surface area contributed by atoms with E-state index >= 15 is 0 Å². The van der Waals surface area contributed by atoms with Gasteiger partial charge in [0.05, 0.1) is 25.3 Å². The van der Waals surface area contributed by atoms with Crippen molar-refractivity contribution in [2.24, 2.45) is 0 Å². The summed E-state index contributed by atoms with van der Waals surface area (Å²) in [6.45, 7) is 1.20. The molecule has 0 aromatic heterocycles. The number of nitriles is 1. The van der Waals surface area contributed by atoms with Crippen molar-refractivity contribution in [3.63, 3.8) is 0 Å². The lowest BCUT2D eigenvalue weighted by molar-refractivity contribution is -0.0173. The van der Waals surface area contributed by atoms with Crippen LogP contribution in [-0.2, 0) is 9.57 Å². The van der Waals surface area contributed by atoms with E-state index in [9.17, 15) is 5.11 Å². The minimum atomic E-state index is -0.728. The van der Waals surface area contributed by atoms with Gasteiger partial charge in [-0.2, -0.15) is 10.7 Å². The van der Waals surface area contributed by atoms with Crippen LogP contribution in [0.25, 0.3) is 0 Å². The zero-order valence-corrected chi connectivity index (χ0v) is 10.8. The second-order valence-corrected chi connectivity index (χ2v) is 3.76. The van der Waals surface area contributed by atoms with Gasteiger partial charge in [0.2, 0.25) is 0 Å². The van der Waals surface area contributed by atoms with Gasteiger partial charge in [0.1, 0.15) is 24.5 Å². The predicted molar refractivity (Wildman–Crippen MR) is 68.5 cm³/mol. The number of rotatable bonds is 9. The Morgan fingerprint density at radius 1 is 1.37 bits per heavy atom. The molecule has 1 unspecified atom stereocenters. The molecule has 0 radical (unpaired) electrons. The van der Waals surface area contributed by atoms with Crippen molar-refractivity contribution in [1.82, 2.24) is 5.48 Å². The number of ether oxygens (including phenoxy) is 2. The maximum absolute atomic E-state index is 9.65. The third kappa shape index (κ3) is 6.18. The van der Waals surface area contributed by atoms with Crippen molar-refractivity contribution in [1.29, 1.82) is 5.26 Å². The standard InChI is InChI=1S/C13H18N2O4/c1-17-6-7-19-15-9-12(16)10-18-13-5-3-2-4-11(13)8-14/h2-5,12,15-16H,6-7,9-10H2,1H3. The summed E-state index contributed by atoms with van der Waals surface area (Å²) >= 11 is 0. The zero-order valence-electron chi connectivity index (χ0n) is 10.8. The van der Waals surface area contributed by atoms with E-state index in [-0.39, 0.29) is 13.2 Å². The van der Waals surface area contributed by atoms with Gasteiger partial charge >= 0.3 is 0 Å². The minimum absolute atomic E-state index is 0.0827. The minimum Gasteiger partial charge on any atom is -0.489 e. The molecule has 0 saturated carbocycles. The van der Waals surface area contributed by atoms with Crippen LogP contribution in [0.2, 0.25) is 0 Å². The lowest BCUT2D eigenvalue weighted by Gasteiger charge is -2.13. The van der Waals surface area contributed by atoms with E-state index in [0.29, 0.717) is 24.5 Å². The molecule has 1 aromatic rings. The number of hydroxylamine groups is 1. The summed E-state index contributed by atoms with van der Waals surface area (Å²) in [6.07, 6.45) is -0.728. The Bertz CT molecular complexity index is 406. The van der Waals surface area contributed by atoms with Gasteiger partial charge < -0.3 is 14.6 Å². The smallest absolute Gasteiger partial charge is 0.137 e. The van der Waals surface area contributed by atoms with Crippen LogP contribution < -0.4 is 10.2 Å². The number of hydrogen-bond acceptors (Lipinski definition) is 6. The highest BCUT2D eigenvalue weighted by molar-refractivity contribution is 5.42. The van der Waals surface area contributed by atoms with Gasteiger partial charge in [-0.3, -0.25) is 4.84 Å². The molecule has 6 heteroatoms. The third-order valence-electron chi connectivity index (χ3n) is 2.25. The number of hydrogen-bond donors (Lipinski definition) is 2. The molecule has 2 N–H and O–H groups in total. The quantitative estimate of drug-likeness (QED) is 0.499. The number of methoxy groups -OCH3 is 1. The van der Waals surface area contributed by atoms with E-state index < -0.39 is 6.10 Å². The maximum atomic E-state index is 9.65. The van der Waals surface area contributed by atoms with E-state index in [1.54, 1.807) is 31.4 Å². The monoisotopic (exact) mass is 266 g/mol. The van der Waals surface area contributed by atoms with Gasteiger partial charge in [-0.05, 0) is 12.1 Å². The van der Waals surface area contributed by atoms with Crippen molar-refractivity contribution in [2.45, 2.75) is 6.10 Å². The normalized spacial score (nSPS) is 11.8. The highest BCUT2D eigenvalue weighted by atomic mass is 16.7. The van der Waals surface area contributed by atoms with Crippen molar-refractivity contribution in [2.75, 3.05) is 33.5 Å². The first-order valence-corrected chi connectivity index (χ1v) is 5.91. The molecular weight excluding hydrogens is 248 g/mol. The molecule has 1 aromatic carbocycles. The van der Waals surface area contributed by atoms with Gasteiger partial charge in [-0.15, -0.1) is 0 Å². The molecule has 19 heavy (non-hydrogen) atoms. The average molecular weight is 266 g/mol. The summed E-state index contributed by atoms with van der Waals surface area (Å²) in [5, 5.41) is 18.5. The van der Waals surface area contributed by atoms with Crippen LogP contribution in [0.15, 0.2) is 24.3 Å². The van der Waals surface area contributed by atoms with Gasteiger partial charge in [-0.25, -0.2) is 0 Å². The summed E-state index contributed by atoms with van der Waals surface area (Å²) < 4.78 is 10.2. The van der Waals surface area contributed by atoms with Gasteiger partial charge in [-0.1, -0.05) is 12.1 Å². The number of para-hydroxylation sites is 1. The molecule has 0 aliphatic rings. The third-order valence-corrected chi connectivity index (χ3v) is 2.25. The molecule has 6 nitrogen and oxygen atoms in total. The Kier molecular flexibility index (Phi) is 7.54. The molecule has 0 saturated heterocycles. The van der Waals surface area contributed by atoms with Gasteiger partial charge in [0.15, 0.2) is 0 Å². The SMILES string of the molecule is COCCONCC(O)COc1ccccc1C#N. The summed E-state index contributed by atoms with van der Waals surface area (Å²) in [6, 6.07) is 8.90. The first-order chi connectivity index (χ1) is 9.27. The van der Waals surface area contributed by atoms with E-state index in [0.717, 1.165) is 0 Å². The molecule has 0 bridgehead atoms. The molecular formula is C13H18N2O4. The van der Waals surface area contributed by atoms with Crippen molar-refractivity contribution in [3.05, 3.63) is 29.8 Å². The molecule has 1 rings (SSSR count). The largest absolute Gasteiger partial charge is 0.489 e. The lowest BCUT2D eigenvalue weighted by atomic mass is 10.2. The van der Waals surface area contributed by atoms with Crippen LogP contribution in [0.4, 0.5) is 0 Å². The average Bonchev–Trinajstić information content (AvgIpc) is 2.45. The van der Waals surface area contributed by atoms with Crippen LogP contribution in [0.3, 0.4) is 0 Å². The van der Waals surface area contributed by atoms with Crippen molar-refractivity contribution in [3.8, 4) is 11.8 Å². The van der Waals surface area contributed by atoms with Crippen LogP contribution in [0.1, 0.15) is 5.56 Å². The topological polar surface area (TPSA) is 83.7 Å². The maximum Gasteiger partial charge on any atom is 0.137 e. The Morgan fingerprint density at radius 3 is 2.89 bits per heavy atom. The zero-order chi connectivity index (χ0) is 13.9. The predicted octanol–water partition coefficient (Wildman–Crippen LogP) is 0.466. The molecule has 0 aliphatic carbocycles. The van der Waals surface area contributed by atoms with Gasteiger partial charge in [0, 0.05) is 7.11 Å². The van der Waals surface area contributed by atoms with E-state index in [2.05, 4.69) is 5.48 Å². The first kappa shape index (κ1) is 15.4. The number of nitrogens with one attached hydrogen (secondary N) is 1. The number of benzene rings is 1. The van der Waals surface area contributed by atoms with E-state index in [4.69, 9.17) is 19.6 Å². The van der Waals surface area contributed by atoms with Gasteiger partial charge in [0.25, 0.3) is 0 Å². The van der Waals surface area contributed by atoms with Crippen LogP contribution >= 0.6 is 0 Å². The van der Waals surface area contributed by atoms with Crippen LogP contribution in [-0.4, -0.2) is 44.7 Å². The van der Waals surface area contributed by atoms with E-state index in [1.807, 2.05) is 6.07 Å². The highest BCUT2D eigenvalue weighted by Gasteiger charge is 2.07. The van der Waals surface area contributed by atoms with Crippen molar-refractivity contribution >= 4 is 0 Å². The summed E-state index contributed by atoms with van der Waals surface area (Å²) in [4.78, 5) is 5.00. The fourth-order valence-electron chi connectivity index (χ4n) is 1.28. The second kappa shape index (κ2) is 9.30. The summed E-state index contributed by atoms with van der Waals surface area (Å²) in [5.41, 5.74) is 3.05. The Hall–Kier alpha value is -1.65. The Labute approximate surface area is 112 Å². The van der Waals surface area contributed by atoms with Crippen LogP contribution in [0.5, 0.6) is 5.75 Å². The fraction of sp³-hybridized carbons (Fsp3) is 0.462. The molecule has 0 heterocycles. The Morgan fingerprint density at radius 2 is 2.16 bits per heavy atom. The number of aliphatic hydroxyl groups excluding tert-OH is 1. The molecule has 0 fully saturated rings.